The molecule has 0 aliphatic carbocycles. The summed E-state index contributed by atoms with van der Waals surface area (Å²) in [4.78, 5) is 11.3. The molecular weight excluding hydrogens is 266 g/mol. The highest BCUT2D eigenvalue weighted by Gasteiger charge is 2.19. The summed E-state index contributed by atoms with van der Waals surface area (Å²) in [6.07, 6.45) is 0.613. The monoisotopic (exact) mass is 289 g/mol. The molecule has 0 aliphatic heterocycles. The summed E-state index contributed by atoms with van der Waals surface area (Å²) in [6.45, 7) is 7.37. The van der Waals surface area contributed by atoms with Gasteiger partial charge in [0.2, 0.25) is 0 Å². The molecule has 0 spiro atoms. The van der Waals surface area contributed by atoms with Gasteiger partial charge in [-0.25, -0.2) is 0 Å². The lowest BCUT2D eigenvalue weighted by Gasteiger charge is -2.15. The number of nitrogens with zero attached hydrogens (tertiary/aromatic N) is 2. The Hall–Kier alpha value is -1.88. The fraction of sp³-hybridized carbons (Fsp3) is 0.500. The topological polar surface area (TPSA) is 67.2 Å². The van der Waals surface area contributed by atoms with Gasteiger partial charge in [-0.15, -0.1) is 0 Å². The van der Waals surface area contributed by atoms with Crippen LogP contribution in [0.2, 0.25) is 0 Å². The zero-order chi connectivity index (χ0) is 15.4. The van der Waals surface area contributed by atoms with Gasteiger partial charge in [0.15, 0.2) is 0 Å². The first-order valence-corrected chi connectivity index (χ1v) is 7.43. The number of fused-ring (bicyclic) bond motifs is 1. The van der Waals surface area contributed by atoms with E-state index in [1.54, 1.807) is 0 Å². The highest BCUT2D eigenvalue weighted by Crippen LogP contribution is 2.18. The summed E-state index contributed by atoms with van der Waals surface area (Å²) in [5, 5.41) is 18.1. The molecule has 0 fully saturated rings. The van der Waals surface area contributed by atoms with Gasteiger partial charge in [0.05, 0.1) is 11.2 Å². The number of rotatable bonds is 7. The molecular formula is C16H23N3O2. The summed E-state index contributed by atoms with van der Waals surface area (Å²) in [5.74, 6) is -0.466. The van der Waals surface area contributed by atoms with Crippen LogP contribution in [0.15, 0.2) is 24.3 Å². The highest BCUT2D eigenvalue weighted by atomic mass is 16.4. The number of carboxylic acids is 1. The number of carbonyl (C=O) groups is 1. The van der Waals surface area contributed by atoms with Gasteiger partial charge in [-0.3, -0.25) is 14.8 Å². The largest absolute Gasteiger partial charge is 0.480 e. The maximum absolute atomic E-state index is 11.3. The number of carboxylic acid groups (broad SMARTS) is 1. The molecule has 0 radical (unpaired) electrons. The summed E-state index contributed by atoms with van der Waals surface area (Å²) in [7, 11) is 0. The molecule has 5 nitrogen and oxygen atoms in total. The van der Waals surface area contributed by atoms with Gasteiger partial charge in [-0.05, 0) is 25.3 Å². The van der Waals surface area contributed by atoms with Gasteiger partial charge in [0.1, 0.15) is 6.04 Å². The van der Waals surface area contributed by atoms with E-state index < -0.39 is 12.0 Å². The third-order valence-electron chi connectivity index (χ3n) is 3.56. The lowest BCUT2D eigenvalue weighted by atomic mass is 10.0. The van der Waals surface area contributed by atoms with Crippen LogP contribution < -0.4 is 5.32 Å². The van der Waals surface area contributed by atoms with Crippen LogP contribution in [0, 0.1) is 5.92 Å². The molecule has 2 rings (SSSR count). The molecule has 1 aromatic heterocycles. The molecule has 114 valence electrons. The first-order chi connectivity index (χ1) is 10.0. The normalized spacial score (nSPS) is 13.0. The van der Waals surface area contributed by atoms with Crippen molar-refractivity contribution in [2.75, 3.05) is 0 Å². The standard InChI is InChI=1S/C16H23N3O2/c1-4-19-15-8-6-5-7-12(15)14(18-19)10-17-13(16(20)21)9-11(2)3/h5-8,11,13,17H,4,9-10H2,1-3H3,(H,20,21)/t13-/m0/s1. The number of hydrogen-bond acceptors (Lipinski definition) is 3. The Kier molecular flexibility index (Phi) is 4.96. The van der Waals surface area contributed by atoms with Gasteiger partial charge in [0.25, 0.3) is 0 Å². The first kappa shape index (κ1) is 15.5. The summed E-state index contributed by atoms with van der Waals surface area (Å²) < 4.78 is 1.95. The van der Waals surface area contributed by atoms with Crippen LogP contribution in [0.1, 0.15) is 32.9 Å². The molecule has 1 aromatic carbocycles. The fourth-order valence-electron chi connectivity index (χ4n) is 2.53. The Morgan fingerprint density at radius 2 is 2.10 bits per heavy atom. The summed E-state index contributed by atoms with van der Waals surface area (Å²) in [6, 6.07) is 7.51. The quantitative estimate of drug-likeness (QED) is 0.822. The highest BCUT2D eigenvalue weighted by molar-refractivity contribution is 5.82. The van der Waals surface area contributed by atoms with Crippen molar-refractivity contribution in [1.82, 2.24) is 15.1 Å². The average Bonchev–Trinajstić information content (AvgIpc) is 2.81. The summed E-state index contributed by atoms with van der Waals surface area (Å²) >= 11 is 0. The van der Waals surface area contributed by atoms with Gasteiger partial charge < -0.3 is 5.11 Å². The van der Waals surface area contributed by atoms with Crippen LogP contribution in [-0.2, 0) is 17.9 Å². The molecule has 0 aliphatic rings. The molecule has 0 saturated carbocycles. The van der Waals surface area contributed by atoms with Crippen molar-refractivity contribution in [1.29, 1.82) is 0 Å². The number of aromatic nitrogens is 2. The van der Waals surface area contributed by atoms with E-state index in [0.29, 0.717) is 18.9 Å². The minimum atomic E-state index is -0.803. The Morgan fingerprint density at radius 3 is 2.71 bits per heavy atom. The third kappa shape index (κ3) is 3.61. The van der Waals surface area contributed by atoms with Crippen LogP contribution >= 0.6 is 0 Å². The van der Waals surface area contributed by atoms with E-state index >= 15 is 0 Å². The van der Waals surface area contributed by atoms with Gasteiger partial charge in [-0.2, -0.15) is 5.10 Å². The van der Waals surface area contributed by atoms with Gasteiger partial charge in [-0.1, -0.05) is 32.0 Å². The molecule has 0 bridgehead atoms. The van der Waals surface area contributed by atoms with Crippen molar-refractivity contribution < 1.29 is 9.90 Å². The minimum absolute atomic E-state index is 0.337. The number of benzene rings is 1. The zero-order valence-electron chi connectivity index (χ0n) is 12.8. The van der Waals surface area contributed by atoms with Crippen molar-refractivity contribution in [3.63, 3.8) is 0 Å². The van der Waals surface area contributed by atoms with E-state index in [4.69, 9.17) is 0 Å². The van der Waals surface area contributed by atoms with Gasteiger partial charge >= 0.3 is 5.97 Å². The molecule has 21 heavy (non-hydrogen) atoms. The van der Waals surface area contributed by atoms with Crippen molar-refractivity contribution >= 4 is 16.9 Å². The van der Waals surface area contributed by atoms with E-state index in [1.807, 2.05) is 42.8 Å². The molecule has 0 saturated heterocycles. The SMILES string of the molecule is CCn1nc(CN[C@@H](CC(C)C)C(=O)O)c2ccccc21. The van der Waals surface area contributed by atoms with E-state index in [0.717, 1.165) is 23.1 Å². The predicted molar refractivity (Wildman–Crippen MR) is 83.1 cm³/mol. The fourth-order valence-corrected chi connectivity index (χ4v) is 2.53. The van der Waals surface area contributed by atoms with E-state index in [1.165, 1.54) is 0 Å². The van der Waals surface area contributed by atoms with E-state index in [2.05, 4.69) is 17.3 Å². The molecule has 1 heterocycles. The number of hydrogen-bond donors (Lipinski definition) is 2. The van der Waals surface area contributed by atoms with Crippen LogP contribution in [-0.4, -0.2) is 26.9 Å². The zero-order valence-corrected chi connectivity index (χ0v) is 12.8. The average molecular weight is 289 g/mol. The lowest BCUT2D eigenvalue weighted by molar-refractivity contribution is -0.140. The van der Waals surface area contributed by atoms with Crippen molar-refractivity contribution in [3.8, 4) is 0 Å². The molecule has 1 atom stereocenters. The second-order valence-corrected chi connectivity index (χ2v) is 5.68. The van der Waals surface area contributed by atoms with Crippen molar-refractivity contribution in [2.45, 2.75) is 46.3 Å². The second kappa shape index (κ2) is 6.72. The predicted octanol–water partition coefficient (Wildman–Crippen LogP) is 2.65. The van der Waals surface area contributed by atoms with Crippen LogP contribution in [0.5, 0.6) is 0 Å². The van der Waals surface area contributed by atoms with Crippen molar-refractivity contribution in [3.05, 3.63) is 30.0 Å². The lowest BCUT2D eigenvalue weighted by Crippen LogP contribution is -2.37. The Morgan fingerprint density at radius 1 is 1.38 bits per heavy atom. The number of aryl methyl sites for hydroxylation is 1. The molecule has 2 aromatic rings. The maximum atomic E-state index is 11.3. The van der Waals surface area contributed by atoms with E-state index in [-0.39, 0.29) is 0 Å². The van der Waals surface area contributed by atoms with Gasteiger partial charge in [0, 0.05) is 18.5 Å². The number of aliphatic carboxylic acids is 1. The third-order valence-corrected chi connectivity index (χ3v) is 3.56. The van der Waals surface area contributed by atoms with E-state index in [9.17, 15) is 9.90 Å². The van der Waals surface area contributed by atoms with Crippen LogP contribution in [0.4, 0.5) is 0 Å². The Bertz CT molecular complexity index is 619. The van der Waals surface area contributed by atoms with Crippen LogP contribution in [0.25, 0.3) is 10.9 Å². The minimum Gasteiger partial charge on any atom is -0.480 e. The smallest absolute Gasteiger partial charge is 0.320 e. The second-order valence-electron chi connectivity index (χ2n) is 5.68. The Balaban J connectivity index is 2.17. The number of nitrogens with one attached hydrogen (secondary N) is 1. The molecule has 0 unspecified atom stereocenters. The first-order valence-electron chi connectivity index (χ1n) is 7.43. The molecule has 2 N–H and O–H groups in total. The summed E-state index contributed by atoms with van der Waals surface area (Å²) in [5.41, 5.74) is 2.00. The van der Waals surface area contributed by atoms with Crippen molar-refractivity contribution in [2.24, 2.45) is 5.92 Å². The molecule has 5 heteroatoms. The Labute approximate surface area is 125 Å². The number of para-hydroxylation sites is 1. The maximum Gasteiger partial charge on any atom is 0.320 e. The van der Waals surface area contributed by atoms with Crippen LogP contribution in [0.3, 0.4) is 0 Å². The molecule has 0 amide bonds.